The van der Waals surface area contributed by atoms with E-state index in [0.717, 1.165) is 0 Å². The van der Waals surface area contributed by atoms with Gasteiger partial charge in [-0.1, -0.05) is 30.3 Å². The van der Waals surface area contributed by atoms with Gasteiger partial charge in [0.1, 0.15) is 5.82 Å². The van der Waals surface area contributed by atoms with Gasteiger partial charge in [0.15, 0.2) is 0 Å². The molecule has 0 aliphatic carbocycles. The number of anilines is 2. The first kappa shape index (κ1) is 19.8. The van der Waals surface area contributed by atoms with E-state index in [2.05, 4.69) is 5.32 Å². The van der Waals surface area contributed by atoms with E-state index in [9.17, 15) is 19.1 Å². The van der Waals surface area contributed by atoms with Crippen LogP contribution in [-0.2, 0) is 19.7 Å². The number of morpholine rings is 1. The minimum atomic E-state index is -1.38. The average Bonchev–Trinajstić information content (AvgIpc) is 2.69. The van der Waals surface area contributed by atoms with Crippen molar-refractivity contribution in [2.45, 2.75) is 18.8 Å². The number of amides is 1. The Morgan fingerprint density at radius 1 is 1.18 bits per heavy atom. The number of carbonyl (C=O) groups excluding carboxylic acids is 1. The maximum atomic E-state index is 14.5. The summed E-state index contributed by atoms with van der Waals surface area (Å²) in [6.07, 6.45) is -0.265. The standard InChI is InChI=1S/C21H23FN2O4/c1-21(20(26)27,15-5-3-2-4-6-15)14-19(25)23-16-7-8-18(17(22)13-16)24-9-11-28-12-10-24/h2-8,13H,9-12,14H2,1H3,(H,23,25)(H,26,27)/t21-/m0/s1. The van der Waals surface area contributed by atoms with Crippen LogP contribution < -0.4 is 10.2 Å². The molecule has 28 heavy (non-hydrogen) atoms. The van der Waals surface area contributed by atoms with Crippen LogP contribution in [0.4, 0.5) is 15.8 Å². The van der Waals surface area contributed by atoms with Crippen molar-refractivity contribution in [3.05, 3.63) is 59.9 Å². The molecule has 6 nitrogen and oxygen atoms in total. The van der Waals surface area contributed by atoms with Gasteiger partial charge < -0.3 is 20.1 Å². The van der Waals surface area contributed by atoms with E-state index in [0.29, 0.717) is 43.2 Å². The fraction of sp³-hybridized carbons (Fsp3) is 0.333. The van der Waals surface area contributed by atoms with Crippen LogP contribution >= 0.6 is 0 Å². The van der Waals surface area contributed by atoms with E-state index in [1.165, 1.54) is 13.0 Å². The Balaban J connectivity index is 1.71. The van der Waals surface area contributed by atoms with E-state index >= 15 is 0 Å². The monoisotopic (exact) mass is 386 g/mol. The summed E-state index contributed by atoms with van der Waals surface area (Å²) in [5, 5.41) is 12.3. The number of carbonyl (C=O) groups is 2. The van der Waals surface area contributed by atoms with Crippen LogP contribution in [0.3, 0.4) is 0 Å². The summed E-state index contributed by atoms with van der Waals surface area (Å²) in [6, 6.07) is 13.1. The highest BCUT2D eigenvalue weighted by Gasteiger charge is 2.37. The Hall–Kier alpha value is -2.93. The maximum Gasteiger partial charge on any atom is 0.314 e. The van der Waals surface area contributed by atoms with Crippen molar-refractivity contribution in [3.63, 3.8) is 0 Å². The van der Waals surface area contributed by atoms with Gasteiger partial charge in [-0.05, 0) is 30.7 Å². The Bertz CT molecular complexity index is 853. The summed E-state index contributed by atoms with van der Waals surface area (Å²) in [6.45, 7) is 3.82. The fourth-order valence-corrected chi connectivity index (χ4v) is 3.28. The molecule has 1 atom stereocenters. The normalized spacial score (nSPS) is 16.3. The van der Waals surface area contributed by atoms with Crippen LogP contribution in [0.2, 0.25) is 0 Å². The zero-order valence-electron chi connectivity index (χ0n) is 15.7. The highest BCUT2D eigenvalue weighted by atomic mass is 19.1. The largest absolute Gasteiger partial charge is 0.481 e. The molecule has 1 aliphatic heterocycles. The molecule has 0 spiro atoms. The van der Waals surface area contributed by atoms with Crippen molar-refractivity contribution in [2.24, 2.45) is 0 Å². The van der Waals surface area contributed by atoms with E-state index in [1.807, 2.05) is 4.90 Å². The van der Waals surface area contributed by atoms with Gasteiger partial charge in [0.05, 0.1) is 24.3 Å². The van der Waals surface area contributed by atoms with Gasteiger partial charge in [0, 0.05) is 25.2 Å². The molecular formula is C21H23FN2O4. The summed E-state index contributed by atoms with van der Waals surface area (Å²) in [5.41, 5.74) is -0.0924. The fourth-order valence-electron chi connectivity index (χ4n) is 3.28. The highest BCUT2D eigenvalue weighted by molar-refractivity contribution is 5.96. The number of hydrogen-bond donors (Lipinski definition) is 2. The molecule has 0 saturated carbocycles. The SMILES string of the molecule is C[C@@](CC(=O)Nc1ccc(N2CCOCC2)c(F)c1)(C(=O)O)c1ccccc1. The number of ether oxygens (including phenoxy) is 1. The highest BCUT2D eigenvalue weighted by Crippen LogP contribution is 2.29. The molecule has 0 bridgehead atoms. The smallest absolute Gasteiger partial charge is 0.314 e. The zero-order valence-corrected chi connectivity index (χ0v) is 15.7. The summed E-state index contributed by atoms with van der Waals surface area (Å²) >= 11 is 0. The van der Waals surface area contributed by atoms with Crippen LogP contribution in [0.5, 0.6) is 0 Å². The number of rotatable bonds is 6. The van der Waals surface area contributed by atoms with Crippen molar-refractivity contribution in [1.82, 2.24) is 0 Å². The summed E-state index contributed by atoms with van der Waals surface area (Å²) in [4.78, 5) is 26.2. The summed E-state index contributed by atoms with van der Waals surface area (Å²) in [7, 11) is 0. The number of carboxylic acids is 1. The van der Waals surface area contributed by atoms with Crippen LogP contribution in [0, 0.1) is 5.82 Å². The van der Waals surface area contributed by atoms with E-state index in [-0.39, 0.29) is 6.42 Å². The van der Waals surface area contributed by atoms with Crippen molar-refractivity contribution in [2.75, 3.05) is 36.5 Å². The minimum Gasteiger partial charge on any atom is -0.481 e. The number of carboxylic acid groups (broad SMARTS) is 1. The second-order valence-electron chi connectivity index (χ2n) is 6.99. The molecule has 7 heteroatoms. The number of nitrogens with zero attached hydrogens (tertiary/aromatic N) is 1. The number of halogens is 1. The lowest BCUT2D eigenvalue weighted by molar-refractivity contribution is -0.145. The van der Waals surface area contributed by atoms with Crippen molar-refractivity contribution >= 4 is 23.3 Å². The first-order valence-electron chi connectivity index (χ1n) is 9.11. The molecular weight excluding hydrogens is 363 g/mol. The molecule has 1 saturated heterocycles. The van der Waals surface area contributed by atoms with Gasteiger partial charge in [0.2, 0.25) is 5.91 Å². The molecule has 2 N–H and O–H groups in total. The first-order chi connectivity index (χ1) is 13.4. The van der Waals surface area contributed by atoms with Gasteiger partial charge >= 0.3 is 5.97 Å². The molecule has 1 heterocycles. The number of nitrogens with one attached hydrogen (secondary N) is 1. The van der Waals surface area contributed by atoms with E-state index in [1.54, 1.807) is 42.5 Å². The lowest BCUT2D eigenvalue weighted by Crippen LogP contribution is -2.37. The predicted octanol–water partition coefficient (Wildman–Crippen LogP) is 3.03. The minimum absolute atomic E-state index is 0.265. The molecule has 0 unspecified atom stereocenters. The quantitative estimate of drug-likeness (QED) is 0.798. The average molecular weight is 386 g/mol. The lowest BCUT2D eigenvalue weighted by atomic mass is 9.79. The molecule has 0 aromatic heterocycles. The maximum absolute atomic E-state index is 14.5. The van der Waals surface area contributed by atoms with Crippen molar-refractivity contribution in [3.8, 4) is 0 Å². The molecule has 2 aromatic carbocycles. The van der Waals surface area contributed by atoms with Crippen molar-refractivity contribution in [1.29, 1.82) is 0 Å². The third kappa shape index (κ3) is 4.31. The van der Waals surface area contributed by atoms with Crippen LogP contribution in [0.1, 0.15) is 18.9 Å². The Labute approximate surface area is 162 Å². The second-order valence-corrected chi connectivity index (χ2v) is 6.99. The third-order valence-corrected chi connectivity index (χ3v) is 4.98. The molecule has 1 fully saturated rings. The Morgan fingerprint density at radius 2 is 1.86 bits per heavy atom. The van der Waals surface area contributed by atoms with E-state index < -0.39 is 23.1 Å². The van der Waals surface area contributed by atoms with Gasteiger partial charge in [-0.2, -0.15) is 0 Å². The summed E-state index contributed by atoms with van der Waals surface area (Å²) < 4.78 is 19.8. The molecule has 3 rings (SSSR count). The van der Waals surface area contributed by atoms with Crippen LogP contribution in [-0.4, -0.2) is 43.3 Å². The van der Waals surface area contributed by atoms with Gasteiger partial charge in [-0.3, -0.25) is 9.59 Å². The van der Waals surface area contributed by atoms with Gasteiger partial charge in [-0.15, -0.1) is 0 Å². The van der Waals surface area contributed by atoms with E-state index in [4.69, 9.17) is 4.74 Å². The molecule has 2 aromatic rings. The number of hydrogen-bond acceptors (Lipinski definition) is 4. The summed E-state index contributed by atoms with van der Waals surface area (Å²) in [5.74, 6) is -2.03. The topological polar surface area (TPSA) is 78.9 Å². The number of aliphatic carboxylic acids is 1. The predicted molar refractivity (Wildman–Crippen MR) is 104 cm³/mol. The zero-order chi connectivity index (χ0) is 20.1. The molecule has 1 amide bonds. The van der Waals surface area contributed by atoms with Crippen molar-refractivity contribution < 1.29 is 23.8 Å². The first-order valence-corrected chi connectivity index (χ1v) is 9.11. The second kappa shape index (κ2) is 8.39. The lowest BCUT2D eigenvalue weighted by Gasteiger charge is -2.29. The molecule has 0 radical (unpaired) electrons. The molecule has 1 aliphatic rings. The third-order valence-electron chi connectivity index (χ3n) is 4.98. The number of benzene rings is 2. The van der Waals surface area contributed by atoms with Crippen LogP contribution in [0.25, 0.3) is 0 Å². The van der Waals surface area contributed by atoms with Gasteiger partial charge in [0.25, 0.3) is 0 Å². The van der Waals surface area contributed by atoms with Gasteiger partial charge in [-0.25, -0.2) is 4.39 Å². The Kier molecular flexibility index (Phi) is 5.94. The molecule has 148 valence electrons. The van der Waals surface area contributed by atoms with Crippen LogP contribution in [0.15, 0.2) is 48.5 Å². The Morgan fingerprint density at radius 3 is 2.46 bits per heavy atom.